The number of hydrogen-bond acceptors (Lipinski definition) is 2. The van der Waals surface area contributed by atoms with Crippen molar-refractivity contribution in [2.24, 2.45) is 5.92 Å². The monoisotopic (exact) mass is 458 g/mol. The Morgan fingerprint density at radius 3 is 2.55 bits per heavy atom. The van der Waals surface area contributed by atoms with Crippen molar-refractivity contribution in [3.8, 4) is 0 Å². The largest absolute Gasteiger partial charge is 0.324 e. The van der Waals surface area contributed by atoms with Crippen LogP contribution in [0.1, 0.15) is 55.7 Å². The molecule has 0 aromatic heterocycles. The first-order chi connectivity index (χ1) is 14.0. The summed E-state index contributed by atoms with van der Waals surface area (Å²) in [6.45, 7) is -0.0140. The fraction of sp³-hybridized carbons (Fsp3) is 0.391. The number of carbonyl (C=O) groups is 2. The number of anilines is 1. The molecule has 4 rings (SSSR count). The van der Waals surface area contributed by atoms with E-state index < -0.39 is 6.04 Å². The van der Waals surface area contributed by atoms with Crippen molar-refractivity contribution in [1.29, 1.82) is 0 Å². The third kappa shape index (κ3) is 4.53. The molecule has 1 aliphatic heterocycles. The van der Waals surface area contributed by atoms with Crippen molar-refractivity contribution in [3.05, 3.63) is 63.9 Å². The van der Waals surface area contributed by atoms with Gasteiger partial charge in [0.1, 0.15) is 12.4 Å². The van der Waals surface area contributed by atoms with E-state index in [1.54, 1.807) is 17.0 Å². The molecule has 1 fully saturated rings. The molecule has 1 aliphatic carbocycles. The molecule has 2 amide bonds. The second kappa shape index (κ2) is 8.66. The van der Waals surface area contributed by atoms with Gasteiger partial charge in [-0.2, -0.15) is 0 Å². The minimum absolute atomic E-state index is 0.0140. The van der Waals surface area contributed by atoms with Gasteiger partial charge in [0.2, 0.25) is 11.8 Å². The van der Waals surface area contributed by atoms with Gasteiger partial charge in [-0.15, -0.1) is 0 Å². The van der Waals surface area contributed by atoms with Crippen LogP contribution in [0.2, 0.25) is 0 Å². The van der Waals surface area contributed by atoms with Crippen LogP contribution in [0.4, 0.5) is 10.1 Å². The summed E-state index contributed by atoms with van der Waals surface area (Å²) >= 11 is 3.50. The van der Waals surface area contributed by atoms with E-state index in [4.69, 9.17) is 0 Å². The molecular weight excluding hydrogens is 435 g/mol. The van der Waals surface area contributed by atoms with Crippen LogP contribution in [-0.2, 0) is 9.59 Å². The number of fused-ring (bicyclic) bond motifs is 1. The van der Waals surface area contributed by atoms with E-state index in [1.807, 2.05) is 18.2 Å². The Morgan fingerprint density at radius 2 is 1.83 bits per heavy atom. The Hall–Kier alpha value is -2.21. The summed E-state index contributed by atoms with van der Waals surface area (Å²) in [5.41, 5.74) is 2.30. The average Bonchev–Trinajstić information content (AvgIpc) is 2.85. The van der Waals surface area contributed by atoms with Crippen LogP contribution < -0.4 is 5.32 Å². The van der Waals surface area contributed by atoms with E-state index in [9.17, 15) is 14.0 Å². The number of nitrogens with one attached hydrogen (secondary N) is 1. The van der Waals surface area contributed by atoms with E-state index in [0.29, 0.717) is 18.0 Å². The lowest BCUT2D eigenvalue weighted by Crippen LogP contribution is -2.39. The molecule has 1 saturated carbocycles. The fourth-order valence-corrected chi connectivity index (χ4v) is 4.85. The van der Waals surface area contributed by atoms with Crippen molar-refractivity contribution in [3.63, 3.8) is 0 Å². The smallest absolute Gasteiger partial charge is 0.244 e. The van der Waals surface area contributed by atoms with E-state index >= 15 is 0 Å². The van der Waals surface area contributed by atoms with E-state index in [2.05, 4.69) is 21.2 Å². The van der Waals surface area contributed by atoms with Gasteiger partial charge < -0.3 is 10.2 Å². The minimum atomic E-state index is -0.446. The first kappa shape index (κ1) is 20.1. The number of hydrogen-bond donors (Lipinski definition) is 1. The van der Waals surface area contributed by atoms with E-state index in [1.165, 1.54) is 18.6 Å². The van der Waals surface area contributed by atoms with E-state index in [0.717, 1.165) is 41.3 Å². The lowest BCUT2D eigenvalue weighted by Gasteiger charge is -2.32. The van der Waals surface area contributed by atoms with Crippen LogP contribution in [0.25, 0.3) is 0 Å². The number of halogens is 2. The highest BCUT2D eigenvalue weighted by Gasteiger charge is 2.34. The Bertz CT molecular complexity index is 910. The van der Waals surface area contributed by atoms with Crippen LogP contribution in [0.5, 0.6) is 0 Å². The van der Waals surface area contributed by atoms with Crippen LogP contribution in [-0.4, -0.2) is 23.3 Å². The average molecular weight is 459 g/mol. The molecule has 1 N–H and O–H groups in total. The zero-order valence-corrected chi connectivity index (χ0v) is 17.8. The zero-order chi connectivity index (χ0) is 20.4. The Kier molecular flexibility index (Phi) is 5.99. The molecule has 0 radical (unpaired) electrons. The number of amides is 2. The number of carbonyl (C=O) groups excluding carboxylic acids is 2. The van der Waals surface area contributed by atoms with Crippen molar-refractivity contribution in [2.75, 3.05) is 11.9 Å². The van der Waals surface area contributed by atoms with Gasteiger partial charge in [0, 0.05) is 22.1 Å². The standard InChI is InChI=1S/C23H24BrFN2O2/c24-17-8-11-20-19(13-17)23(16-6-9-18(25)10-7-16)27(14-21(28)26-20)22(29)12-15-4-2-1-3-5-15/h6-11,13,15,23H,1-5,12,14H2,(H,26,28). The lowest BCUT2D eigenvalue weighted by molar-refractivity contribution is -0.137. The third-order valence-corrected chi connectivity index (χ3v) is 6.40. The van der Waals surface area contributed by atoms with Crippen molar-refractivity contribution in [2.45, 2.75) is 44.6 Å². The van der Waals surface area contributed by atoms with E-state index in [-0.39, 0.29) is 24.2 Å². The quantitative estimate of drug-likeness (QED) is 0.666. The number of rotatable bonds is 3. The number of benzene rings is 2. The fourth-order valence-electron chi connectivity index (χ4n) is 4.47. The summed E-state index contributed by atoms with van der Waals surface area (Å²) in [5, 5.41) is 2.92. The first-order valence-corrected chi connectivity index (χ1v) is 10.9. The summed E-state index contributed by atoms with van der Waals surface area (Å²) < 4.78 is 14.4. The zero-order valence-electron chi connectivity index (χ0n) is 16.2. The summed E-state index contributed by atoms with van der Waals surface area (Å²) in [6.07, 6.45) is 6.14. The van der Waals surface area contributed by atoms with Crippen LogP contribution in [0, 0.1) is 11.7 Å². The maximum atomic E-state index is 13.6. The molecule has 29 heavy (non-hydrogen) atoms. The van der Waals surface area contributed by atoms with Crippen LogP contribution >= 0.6 is 15.9 Å². The maximum absolute atomic E-state index is 13.6. The highest BCUT2D eigenvalue weighted by atomic mass is 79.9. The molecule has 1 atom stereocenters. The van der Waals surface area contributed by atoms with Gasteiger partial charge >= 0.3 is 0 Å². The summed E-state index contributed by atoms with van der Waals surface area (Å²) in [4.78, 5) is 27.6. The Morgan fingerprint density at radius 1 is 1.10 bits per heavy atom. The second-order valence-electron chi connectivity index (χ2n) is 7.96. The molecule has 0 saturated heterocycles. The summed E-state index contributed by atoms with van der Waals surface area (Å²) in [5.74, 6) is -0.186. The Labute approximate surface area is 178 Å². The lowest BCUT2D eigenvalue weighted by atomic mass is 9.86. The SMILES string of the molecule is O=C1CN(C(=O)CC2CCCCC2)C(c2ccc(F)cc2)c2cc(Br)ccc2N1. The minimum Gasteiger partial charge on any atom is -0.324 e. The van der Waals surface area contributed by atoms with Gasteiger partial charge in [-0.3, -0.25) is 9.59 Å². The van der Waals surface area contributed by atoms with Crippen molar-refractivity contribution >= 4 is 33.4 Å². The highest BCUT2D eigenvalue weighted by molar-refractivity contribution is 9.10. The maximum Gasteiger partial charge on any atom is 0.244 e. The van der Waals surface area contributed by atoms with Gasteiger partial charge in [0.05, 0.1) is 6.04 Å². The molecular formula is C23H24BrFN2O2. The topological polar surface area (TPSA) is 49.4 Å². The predicted molar refractivity (Wildman–Crippen MR) is 114 cm³/mol. The Balaban J connectivity index is 1.74. The molecule has 4 nitrogen and oxygen atoms in total. The molecule has 1 unspecified atom stereocenters. The van der Waals surface area contributed by atoms with Gasteiger partial charge in [-0.05, 0) is 54.7 Å². The molecule has 0 bridgehead atoms. The molecule has 2 aromatic rings. The molecule has 1 heterocycles. The second-order valence-corrected chi connectivity index (χ2v) is 8.88. The van der Waals surface area contributed by atoms with Crippen LogP contribution in [0.3, 0.4) is 0 Å². The van der Waals surface area contributed by atoms with Gasteiger partial charge in [0.25, 0.3) is 0 Å². The van der Waals surface area contributed by atoms with Gasteiger partial charge in [-0.25, -0.2) is 4.39 Å². The summed E-state index contributed by atoms with van der Waals surface area (Å²) in [6, 6.07) is 11.4. The van der Waals surface area contributed by atoms with Crippen molar-refractivity contribution < 1.29 is 14.0 Å². The van der Waals surface area contributed by atoms with Crippen molar-refractivity contribution in [1.82, 2.24) is 4.90 Å². The van der Waals surface area contributed by atoms with Gasteiger partial charge in [0.15, 0.2) is 0 Å². The molecule has 152 valence electrons. The molecule has 2 aromatic carbocycles. The summed E-state index contributed by atoms with van der Waals surface area (Å²) in [7, 11) is 0. The number of nitrogens with zero attached hydrogens (tertiary/aromatic N) is 1. The predicted octanol–water partition coefficient (Wildman–Crippen LogP) is 5.43. The highest BCUT2D eigenvalue weighted by Crippen LogP contribution is 2.38. The normalized spacial score (nSPS) is 20.0. The first-order valence-electron chi connectivity index (χ1n) is 10.2. The molecule has 6 heteroatoms. The van der Waals surface area contributed by atoms with Crippen LogP contribution in [0.15, 0.2) is 46.9 Å². The van der Waals surface area contributed by atoms with Gasteiger partial charge in [-0.1, -0.05) is 47.3 Å². The molecule has 0 spiro atoms. The molecule has 2 aliphatic rings. The third-order valence-electron chi connectivity index (χ3n) is 5.90.